The van der Waals surface area contributed by atoms with Crippen LogP contribution in [0.4, 0.5) is 17.5 Å². The van der Waals surface area contributed by atoms with Gasteiger partial charge in [0.2, 0.25) is 11.9 Å². The lowest BCUT2D eigenvalue weighted by Crippen LogP contribution is -2.44. The minimum Gasteiger partial charge on any atom is -0.364 e. The Bertz CT molecular complexity index is 863. The van der Waals surface area contributed by atoms with Crippen LogP contribution in [0.1, 0.15) is 23.3 Å². The molecule has 1 atom stereocenters. The molecule has 11 nitrogen and oxygen atoms in total. The number of hydrogen-bond donors (Lipinski definition) is 3. The molecule has 2 aromatic rings. The highest BCUT2D eigenvalue weighted by Crippen LogP contribution is 2.19. The fourth-order valence-corrected chi connectivity index (χ4v) is 2.87. The van der Waals surface area contributed by atoms with Crippen LogP contribution < -0.4 is 16.4 Å². The molecule has 0 bridgehead atoms. The lowest BCUT2D eigenvalue weighted by atomic mass is 10.1. The fraction of sp³-hybridized carbons (Fsp3) is 0.375. The SMILES string of the molecule is C=CC(=O)N1CCC[C@@H](Nc2nnc(C(N)=O)c(Nc3cnn(C)c3)n2)C1. The normalized spacial score (nSPS) is 16.6. The van der Waals surface area contributed by atoms with Crippen LogP contribution in [0.2, 0.25) is 0 Å². The van der Waals surface area contributed by atoms with Gasteiger partial charge in [-0.05, 0) is 18.9 Å². The molecule has 27 heavy (non-hydrogen) atoms. The lowest BCUT2D eigenvalue weighted by molar-refractivity contribution is -0.127. The highest BCUT2D eigenvalue weighted by atomic mass is 16.2. The van der Waals surface area contributed by atoms with E-state index in [1.165, 1.54) is 6.08 Å². The van der Waals surface area contributed by atoms with Gasteiger partial charge in [-0.1, -0.05) is 6.58 Å². The Morgan fingerprint density at radius 3 is 2.89 bits per heavy atom. The third kappa shape index (κ3) is 4.37. The van der Waals surface area contributed by atoms with Gasteiger partial charge in [0, 0.05) is 32.4 Å². The van der Waals surface area contributed by atoms with E-state index >= 15 is 0 Å². The summed E-state index contributed by atoms with van der Waals surface area (Å²) in [5.74, 6) is -0.427. The van der Waals surface area contributed by atoms with Gasteiger partial charge >= 0.3 is 0 Å². The van der Waals surface area contributed by atoms with Crippen LogP contribution >= 0.6 is 0 Å². The molecule has 0 saturated carbocycles. The summed E-state index contributed by atoms with van der Waals surface area (Å²) in [6.07, 6.45) is 6.32. The van der Waals surface area contributed by atoms with E-state index in [4.69, 9.17) is 5.73 Å². The molecule has 0 spiro atoms. The van der Waals surface area contributed by atoms with E-state index in [2.05, 4.69) is 37.5 Å². The molecule has 0 aliphatic carbocycles. The van der Waals surface area contributed by atoms with Crippen LogP contribution in [0.5, 0.6) is 0 Å². The number of hydrogen-bond acceptors (Lipinski definition) is 8. The topological polar surface area (TPSA) is 144 Å². The number of nitrogens with one attached hydrogen (secondary N) is 2. The van der Waals surface area contributed by atoms with Crippen LogP contribution in [-0.4, -0.2) is 60.8 Å². The number of rotatable bonds is 6. The zero-order valence-corrected chi connectivity index (χ0v) is 14.9. The van der Waals surface area contributed by atoms with Gasteiger partial charge in [0.05, 0.1) is 11.9 Å². The molecular formula is C16H21N9O2. The molecule has 142 valence electrons. The van der Waals surface area contributed by atoms with Gasteiger partial charge in [-0.2, -0.15) is 10.1 Å². The first kappa shape index (κ1) is 18.3. The van der Waals surface area contributed by atoms with Gasteiger partial charge in [-0.3, -0.25) is 14.3 Å². The zero-order valence-electron chi connectivity index (χ0n) is 14.9. The molecule has 1 saturated heterocycles. The Hall–Kier alpha value is -3.50. The van der Waals surface area contributed by atoms with Gasteiger partial charge in [-0.25, -0.2) is 0 Å². The number of carbonyl (C=O) groups excluding carboxylic acids is 2. The van der Waals surface area contributed by atoms with E-state index < -0.39 is 5.91 Å². The Balaban J connectivity index is 1.77. The molecular weight excluding hydrogens is 350 g/mol. The zero-order chi connectivity index (χ0) is 19.4. The molecule has 3 rings (SSSR count). The second kappa shape index (κ2) is 7.81. The smallest absolute Gasteiger partial charge is 0.273 e. The van der Waals surface area contributed by atoms with Gasteiger partial charge in [0.25, 0.3) is 5.91 Å². The minimum absolute atomic E-state index is 0.0323. The summed E-state index contributed by atoms with van der Waals surface area (Å²) in [4.78, 5) is 29.5. The number of piperidine rings is 1. The summed E-state index contributed by atoms with van der Waals surface area (Å²) in [5.41, 5.74) is 5.92. The van der Waals surface area contributed by atoms with E-state index in [1.807, 2.05) is 0 Å². The average Bonchev–Trinajstić information content (AvgIpc) is 3.06. The van der Waals surface area contributed by atoms with Gasteiger partial charge in [-0.15, -0.1) is 10.2 Å². The molecule has 0 radical (unpaired) electrons. The molecule has 0 aromatic carbocycles. The number of nitrogens with two attached hydrogens (primary N) is 1. The van der Waals surface area contributed by atoms with Crippen molar-refractivity contribution in [3.05, 3.63) is 30.7 Å². The van der Waals surface area contributed by atoms with E-state index in [-0.39, 0.29) is 29.4 Å². The quantitative estimate of drug-likeness (QED) is 0.604. The van der Waals surface area contributed by atoms with E-state index in [1.54, 1.807) is 29.0 Å². The van der Waals surface area contributed by atoms with Crippen LogP contribution in [0.15, 0.2) is 25.0 Å². The fourth-order valence-electron chi connectivity index (χ4n) is 2.87. The summed E-state index contributed by atoms with van der Waals surface area (Å²) in [6.45, 7) is 4.72. The van der Waals surface area contributed by atoms with Crippen molar-refractivity contribution in [2.75, 3.05) is 23.7 Å². The summed E-state index contributed by atoms with van der Waals surface area (Å²) < 4.78 is 1.60. The highest BCUT2D eigenvalue weighted by molar-refractivity contribution is 5.96. The maximum absolute atomic E-state index is 11.8. The van der Waals surface area contributed by atoms with Crippen molar-refractivity contribution in [2.24, 2.45) is 12.8 Å². The molecule has 3 heterocycles. The second-order valence-corrected chi connectivity index (χ2v) is 6.20. The Morgan fingerprint density at radius 2 is 2.22 bits per heavy atom. The Morgan fingerprint density at radius 1 is 1.41 bits per heavy atom. The van der Waals surface area contributed by atoms with E-state index in [0.29, 0.717) is 18.8 Å². The van der Waals surface area contributed by atoms with Gasteiger partial charge in [0.15, 0.2) is 11.5 Å². The van der Waals surface area contributed by atoms with Crippen LogP contribution in [0, 0.1) is 0 Å². The third-order valence-electron chi connectivity index (χ3n) is 4.13. The van der Waals surface area contributed by atoms with Crippen molar-refractivity contribution in [1.29, 1.82) is 0 Å². The number of primary amides is 1. The lowest BCUT2D eigenvalue weighted by Gasteiger charge is -2.32. The second-order valence-electron chi connectivity index (χ2n) is 6.20. The monoisotopic (exact) mass is 371 g/mol. The summed E-state index contributed by atoms with van der Waals surface area (Å²) in [5, 5.41) is 18.0. The molecule has 4 N–H and O–H groups in total. The van der Waals surface area contributed by atoms with Crippen molar-refractivity contribution in [3.8, 4) is 0 Å². The molecule has 1 aliphatic heterocycles. The van der Waals surface area contributed by atoms with Crippen LogP contribution in [0.25, 0.3) is 0 Å². The number of aryl methyl sites for hydroxylation is 1. The number of anilines is 3. The van der Waals surface area contributed by atoms with Gasteiger partial charge < -0.3 is 21.3 Å². The van der Waals surface area contributed by atoms with Crippen molar-refractivity contribution in [2.45, 2.75) is 18.9 Å². The van der Waals surface area contributed by atoms with Crippen LogP contribution in [0.3, 0.4) is 0 Å². The molecule has 2 amide bonds. The van der Waals surface area contributed by atoms with Crippen molar-refractivity contribution in [1.82, 2.24) is 29.9 Å². The predicted molar refractivity (Wildman–Crippen MR) is 98.3 cm³/mol. The first-order chi connectivity index (χ1) is 13.0. The number of nitrogens with zero attached hydrogens (tertiary/aromatic N) is 6. The minimum atomic E-state index is -0.742. The summed E-state index contributed by atoms with van der Waals surface area (Å²) in [6, 6.07) is -0.0323. The maximum atomic E-state index is 11.8. The van der Waals surface area contributed by atoms with Crippen LogP contribution in [-0.2, 0) is 11.8 Å². The number of aromatic nitrogens is 5. The summed E-state index contributed by atoms with van der Waals surface area (Å²) >= 11 is 0. The first-order valence-electron chi connectivity index (χ1n) is 8.44. The molecule has 1 fully saturated rings. The first-order valence-corrected chi connectivity index (χ1v) is 8.44. The van der Waals surface area contributed by atoms with Crippen molar-refractivity contribution >= 4 is 29.3 Å². The standard InChI is InChI=1S/C16H21N9O2/c1-3-12(26)25-6-4-5-10(9-25)20-16-21-15(13(14(17)27)22-23-16)19-11-7-18-24(2)8-11/h3,7-8,10H,1,4-6,9H2,2H3,(H2,17,27)(H2,19,20,21,23)/t10-/m1/s1. The number of amides is 2. The van der Waals surface area contributed by atoms with E-state index in [9.17, 15) is 9.59 Å². The molecule has 2 aromatic heterocycles. The molecule has 11 heteroatoms. The average molecular weight is 371 g/mol. The number of carbonyl (C=O) groups is 2. The Labute approximate surface area is 155 Å². The maximum Gasteiger partial charge on any atom is 0.273 e. The predicted octanol–water partition coefficient (Wildman–Crippen LogP) is 0.0365. The molecule has 0 unspecified atom stereocenters. The highest BCUT2D eigenvalue weighted by Gasteiger charge is 2.23. The largest absolute Gasteiger partial charge is 0.364 e. The molecule has 1 aliphatic rings. The number of likely N-dealkylation sites (tertiary alicyclic amines) is 1. The summed E-state index contributed by atoms with van der Waals surface area (Å²) in [7, 11) is 1.77. The van der Waals surface area contributed by atoms with Gasteiger partial charge in [0.1, 0.15) is 0 Å². The van der Waals surface area contributed by atoms with Crippen molar-refractivity contribution < 1.29 is 9.59 Å². The van der Waals surface area contributed by atoms with E-state index in [0.717, 1.165) is 12.8 Å². The van der Waals surface area contributed by atoms with Crippen molar-refractivity contribution in [3.63, 3.8) is 0 Å². The Kier molecular flexibility index (Phi) is 5.29. The third-order valence-corrected chi connectivity index (χ3v) is 4.13.